The van der Waals surface area contributed by atoms with E-state index in [9.17, 15) is 14.3 Å². The fourth-order valence-electron chi connectivity index (χ4n) is 6.51. The van der Waals surface area contributed by atoms with E-state index in [4.69, 9.17) is 0 Å². The largest absolute Gasteiger partial charge is 0.393 e. The van der Waals surface area contributed by atoms with Crippen molar-refractivity contribution >= 4 is 22.5 Å². The molecule has 41 heavy (non-hydrogen) atoms. The highest BCUT2D eigenvalue weighted by molar-refractivity contribution is 6.08. The summed E-state index contributed by atoms with van der Waals surface area (Å²) >= 11 is 0. The summed E-state index contributed by atoms with van der Waals surface area (Å²) in [6, 6.07) is 20.5. The average molecular weight is 553 g/mol. The van der Waals surface area contributed by atoms with Crippen LogP contribution < -0.4 is 4.90 Å². The van der Waals surface area contributed by atoms with Crippen molar-refractivity contribution in [1.82, 2.24) is 14.7 Å². The van der Waals surface area contributed by atoms with Crippen LogP contribution in [0.5, 0.6) is 0 Å². The number of rotatable bonds is 7. The van der Waals surface area contributed by atoms with E-state index in [1.165, 1.54) is 23.4 Å². The van der Waals surface area contributed by atoms with E-state index in [1.807, 2.05) is 36.2 Å². The number of halogens is 1. The lowest BCUT2D eigenvalue weighted by molar-refractivity contribution is 0.0462. The number of hydrogen-bond donors (Lipinski definition) is 1. The minimum Gasteiger partial charge on any atom is -0.393 e. The summed E-state index contributed by atoms with van der Waals surface area (Å²) < 4.78 is 15.7. The first kappa shape index (κ1) is 27.2. The monoisotopic (exact) mass is 552 g/mol. The van der Waals surface area contributed by atoms with Crippen LogP contribution >= 0.6 is 0 Å². The molecule has 6 rings (SSSR count). The van der Waals surface area contributed by atoms with Crippen LogP contribution in [-0.4, -0.2) is 51.4 Å². The number of aromatic nitrogens is 2. The third kappa shape index (κ3) is 5.26. The summed E-state index contributed by atoms with van der Waals surface area (Å²) in [6.45, 7) is 8.85. The number of para-hydroxylation sites is 2. The van der Waals surface area contributed by atoms with Gasteiger partial charge in [0.05, 0.1) is 17.2 Å². The van der Waals surface area contributed by atoms with Gasteiger partial charge in [-0.3, -0.25) is 9.48 Å². The highest BCUT2D eigenvalue weighted by Crippen LogP contribution is 2.37. The van der Waals surface area contributed by atoms with E-state index < -0.39 is 0 Å². The molecule has 0 atom stereocenters. The fraction of sp³-hybridized carbons (Fsp3) is 0.353. The van der Waals surface area contributed by atoms with Crippen molar-refractivity contribution in [3.8, 4) is 11.3 Å². The zero-order chi connectivity index (χ0) is 28.7. The van der Waals surface area contributed by atoms with Crippen LogP contribution in [0.25, 0.3) is 22.2 Å². The van der Waals surface area contributed by atoms with E-state index >= 15 is 0 Å². The van der Waals surface area contributed by atoms with Crippen LogP contribution in [0.15, 0.2) is 79.0 Å². The Labute approximate surface area is 240 Å². The number of fused-ring (bicyclic) bond motifs is 1. The predicted molar refractivity (Wildman–Crippen MR) is 161 cm³/mol. The number of carbonyl (C=O) groups is 1. The highest BCUT2D eigenvalue weighted by atomic mass is 19.1. The van der Waals surface area contributed by atoms with Gasteiger partial charge in [-0.15, -0.1) is 0 Å². The molecule has 0 unspecified atom stereocenters. The number of carbonyl (C=O) groups excluding carboxylic acids is 1. The van der Waals surface area contributed by atoms with Gasteiger partial charge in [-0.1, -0.05) is 49.0 Å². The van der Waals surface area contributed by atoms with E-state index in [0.29, 0.717) is 35.8 Å². The molecule has 212 valence electrons. The van der Waals surface area contributed by atoms with E-state index in [1.54, 1.807) is 10.7 Å². The number of aryl methyl sites for hydroxylation is 2. The lowest BCUT2D eigenvalue weighted by Gasteiger charge is -2.41. The maximum atomic E-state index is 13.9. The molecule has 0 spiro atoms. The molecule has 1 amide bonds. The average Bonchev–Trinajstić information content (AvgIpc) is 3.31. The minimum atomic E-state index is -0.315. The first-order valence-electron chi connectivity index (χ1n) is 14.5. The van der Waals surface area contributed by atoms with Gasteiger partial charge in [-0.05, 0) is 68.4 Å². The Kier molecular flexibility index (Phi) is 7.39. The van der Waals surface area contributed by atoms with Crippen molar-refractivity contribution in [1.29, 1.82) is 0 Å². The van der Waals surface area contributed by atoms with Gasteiger partial charge in [0.25, 0.3) is 5.91 Å². The molecule has 2 fully saturated rings. The zero-order valence-electron chi connectivity index (χ0n) is 23.8. The van der Waals surface area contributed by atoms with Crippen molar-refractivity contribution in [2.75, 3.05) is 24.5 Å². The van der Waals surface area contributed by atoms with Gasteiger partial charge in [0.2, 0.25) is 0 Å². The lowest BCUT2D eigenvalue weighted by Crippen LogP contribution is -2.43. The summed E-state index contributed by atoms with van der Waals surface area (Å²) in [7, 11) is 1.83. The number of piperidine rings is 1. The third-order valence-corrected chi connectivity index (χ3v) is 8.85. The Morgan fingerprint density at radius 3 is 2.51 bits per heavy atom. The topological polar surface area (TPSA) is 61.6 Å². The van der Waals surface area contributed by atoms with Crippen LogP contribution in [0.2, 0.25) is 0 Å². The number of allylic oxidation sites excluding steroid dienone is 1. The number of anilines is 1. The number of amides is 1. The number of aliphatic hydroxyl groups excluding tert-OH is 1. The summed E-state index contributed by atoms with van der Waals surface area (Å²) in [5.74, 6) is 0.410. The molecule has 6 nitrogen and oxygen atoms in total. The van der Waals surface area contributed by atoms with Gasteiger partial charge >= 0.3 is 0 Å². The summed E-state index contributed by atoms with van der Waals surface area (Å²) in [4.78, 5) is 18.1. The molecular formula is C34H37FN4O2. The van der Waals surface area contributed by atoms with Crippen LogP contribution in [0, 0.1) is 24.6 Å². The van der Waals surface area contributed by atoms with Crippen LogP contribution in [0.1, 0.15) is 41.6 Å². The normalized spacial score (nSPS) is 19.3. The molecule has 1 aliphatic carbocycles. The summed E-state index contributed by atoms with van der Waals surface area (Å²) in [5, 5.41) is 15.4. The molecule has 1 N–H and O–H groups in total. The Morgan fingerprint density at radius 2 is 1.80 bits per heavy atom. The van der Waals surface area contributed by atoms with Gasteiger partial charge in [0.15, 0.2) is 0 Å². The van der Waals surface area contributed by atoms with E-state index in [0.717, 1.165) is 48.8 Å². The van der Waals surface area contributed by atoms with Crippen molar-refractivity contribution in [3.63, 3.8) is 0 Å². The molecule has 7 heteroatoms. The first-order valence-corrected chi connectivity index (χ1v) is 14.5. The molecule has 1 aromatic heterocycles. The van der Waals surface area contributed by atoms with Crippen LogP contribution in [0.4, 0.5) is 10.1 Å². The number of likely N-dealkylation sites (tertiary alicyclic amines) is 1. The molecule has 1 saturated heterocycles. The zero-order valence-corrected chi connectivity index (χ0v) is 23.8. The van der Waals surface area contributed by atoms with Crippen LogP contribution in [-0.2, 0) is 7.05 Å². The molecule has 1 aliphatic heterocycles. The predicted octanol–water partition coefficient (Wildman–Crippen LogP) is 6.33. The van der Waals surface area contributed by atoms with Crippen LogP contribution in [0.3, 0.4) is 0 Å². The van der Waals surface area contributed by atoms with Crippen molar-refractivity contribution in [2.24, 2.45) is 18.9 Å². The standard InChI is InChI=1S/C34H37FN4O2/c1-22-8-4-5-13-31(22)39(21-24-18-28(40)19-24)23(2)25-14-16-38(17-15-25)34(41)30-12-7-11-29-32(36-37(3)33(29)30)26-9-6-10-27(35)20-26/h4-13,20,24-25,28,40H,2,14-19,21H2,1,3H3. The molecule has 2 heterocycles. The quantitative estimate of drug-likeness (QED) is 0.291. The molecular weight excluding hydrogens is 515 g/mol. The van der Waals surface area contributed by atoms with E-state index in [-0.39, 0.29) is 23.7 Å². The second-order valence-electron chi connectivity index (χ2n) is 11.6. The molecule has 0 bridgehead atoms. The first-order chi connectivity index (χ1) is 19.8. The van der Waals surface area contributed by atoms with Gasteiger partial charge in [-0.25, -0.2) is 4.39 Å². The van der Waals surface area contributed by atoms with Crippen molar-refractivity contribution in [2.45, 2.75) is 38.7 Å². The maximum absolute atomic E-state index is 13.9. The number of benzene rings is 3. The summed E-state index contributed by atoms with van der Waals surface area (Å²) in [5.41, 5.74) is 6.22. The molecule has 3 aromatic carbocycles. The van der Waals surface area contributed by atoms with Crippen molar-refractivity contribution < 1.29 is 14.3 Å². The molecule has 4 aromatic rings. The third-order valence-electron chi connectivity index (χ3n) is 8.85. The lowest BCUT2D eigenvalue weighted by atomic mass is 9.81. The van der Waals surface area contributed by atoms with E-state index in [2.05, 4.69) is 47.8 Å². The number of aliphatic hydroxyl groups is 1. The smallest absolute Gasteiger partial charge is 0.256 e. The second kappa shape index (κ2) is 11.1. The Balaban J connectivity index is 1.19. The molecule has 1 saturated carbocycles. The number of nitrogens with zero attached hydrogens (tertiary/aromatic N) is 4. The van der Waals surface area contributed by atoms with Gasteiger partial charge in [0.1, 0.15) is 11.5 Å². The maximum Gasteiger partial charge on any atom is 0.256 e. The SMILES string of the molecule is C=C(C1CCN(C(=O)c2cccc3c(-c4cccc(F)c4)nn(C)c23)CC1)N(CC1CC(O)C1)c1ccccc1C. The molecule has 0 radical (unpaired) electrons. The van der Waals surface area contributed by atoms with Gasteiger partial charge < -0.3 is 14.9 Å². The van der Waals surface area contributed by atoms with Gasteiger partial charge in [0, 0.05) is 54.9 Å². The van der Waals surface area contributed by atoms with Crippen molar-refractivity contribution in [3.05, 3.63) is 96.0 Å². The second-order valence-corrected chi connectivity index (χ2v) is 11.6. The summed E-state index contributed by atoms with van der Waals surface area (Å²) in [6.07, 6.45) is 3.17. The minimum absolute atomic E-state index is 0.00679. The number of hydrogen-bond acceptors (Lipinski definition) is 4. The highest BCUT2D eigenvalue weighted by Gasteiger charge is 2.33. The Hall–Kier alpha value is -3.97. The fourth-order valence-corrected chi connectivity index (χ4v) is 6.51. The van der Waals surface area contributed by atoms with Gasteiger partial charge in [-0.2, -0.15) is 5.10 Å². The Morgan fingerprint density at radius 1 is 1.07 bits per heavy atom. The molecule has 2 aliphatic rings. The Bertz CT molecular complexity index is 1600.